The first-order chi connectivity index (χ1) is 5.42. The highest BCUT2D eigenvalue weighted by molar-refractivity contribution is 5.65. The largest absolute Gasteiger partial charge is 1.00 e. The quantitative estimate of drug-likeness (QED) is 0.382. The lowest BCUT2D eigenvalue weighted by Crippen LogP contribution is -3.00. The summed E-state index contributed by atoms with van der Waals surface area (Å²) in [6.07, 6.45) is 0. The van der Waals surface area contributed by atoms with Gasteiger partial charge < -0.3 is 42.8 Å². The lowest BCUT2D eigenvalue weighted by atomic mass is 10.5. The van der Waals surface area contributed by atoms with Crippen LogP contribution in [0.4, 0.5) is 0 Å². The average Bonchev–Trinajstić information content (AvgIpc) is 1.47. The van der Waals surface area contributed by atoms with Crippen molar-refractivity contribution in [3.05, 3.63) is 0 Å². The predicted molar refractivity (Wildman–Crippen MR) is 51.9 cm³/mol. The van der Waals surface area contributed by atoms with Crippen molar-refractivity contribution < 1.29 is 42.8 Å². The van der Waals surface area contributed by atoms with Crippen LogP contribution in [0.5, 0.6) is 0 Å². The summed E-state index contributed by atoms with van der Waals surface area (Å²) >= 11 is 0. The first-order valence-corrected chi connectivity index (χ1v) is 4.21. The van der Waals surface area contributed by atoms with Gasteiger partial charge in [-0.25, -0.2) is 0 Å². The van der Waals surface area contributed by atoms with Crippen molar-refractivity contribution in [2.24, 2.45) is 0 Å². The van der Waals surface area contributed by atoms with Crippen molar-refractivity contribution in [1.82, 2.24) is 0 Å². The van der Waals surface area contributed by atoms with E-state index in [1.807, 2.05) is 0 Å². The molecule has 0 unspecified atom stereocenters. The van der Waals surface area contributed by atoms with E-state index in [1.54, 1.807) is 21.1 Å². The summed E-state index contributed by atoms with van der Waals surface area (Å²) in [5.41, 5.74) is 0. The fourth-order valence-corrected chi connectivity index (χ4v) is 0.387. The van der Waals surface area contributed by atoms with Crippen LogP contribution in [0.25, 0.3) is 0 Å². The minimum absolute atomic E-state index is 0. The molecule has 0 spiro atoms. The minimum atomic E-state index is -1.00. The fraction of sp³-hybridized carbons (Fsp3) is 0.889. The van der Waals surface area contributed by atoms with Crippen LogP contribution >= 0.6 is 0 Å². The Bertz CT molecular complexity index is 153. The van der Waals surface area contributed by atoms with Gasteiger partial charge >= 0.3 is 0 Å². The third-order valence-electron chi connectivity index (χ3n) is 0.603. The maximum atomic E-state index is 9.89. The molecule has 0 radical (unpaired) electrons. The molecule has 0 atom stereocenters. The Labute approximate surface area is 105 Å². The van der Waals surface area contributed by atoms with Crippen LogP contribution in [0.3, 0.4) is 0 Å². The molecular weight excluding hydrogens is 295 g/mol. The molecule has 5 heteroatoms. The van der Waals surface area contributed by atoms with Gasteiger partial charge in [0.1, 0.15) is 6.54 Å². The number of carboxylic acids is 1. The zero-order valence-corrected chi connectivity index (χ0v) is 12.5. The molecule has 4 nitrogen and oxygen atoms in total. The molecule has 0 saturated carbocycles. The molecule has 0 aliphatic rings. The van der Waals surface area contributed by atoms with Crippen LogP contribution in [-0.2, 0) is 4.79 Å². The van der Waals surface area contributed by atoms with Gasteiger partial charge in [-0.1, -0.05) is 0 Å². The van der Waals surface area contributed by atoms with Gasteiger partial charge in [0, 0.05) is 0 Å². The first kappa shape index (κ1) is 19.7. The van der Waals surface area contributed by atoms with Crippen LogP contribution < -0.4 is 29.1 Å². The number of carbonyl (C=O) groups is 1. The third kappa shape index (κ3) is 57.2. The molecule has 0 N–H and O–H groups in total. The van der Waals surface area contributed by atoms with E-state index in [0.29, 0.717) is 4.48 Å². The zero-order chi connectivity index (χ0) is 11.3. The topological polar surface area (TPSA) is 40.1 Å². The van der Waals surface area contributed by atoms with Crippen molar-refractivity contribution in [3.8, 4) is 0 Å². The molecule has 0 aromatic rings. The second-order valence-corrected chi connectivity index (χ2v) is 5.50. The molecule has 88 valence electrons. The highest BCUT2D eigenvalue weighted by Gasteiger charge is 2.04. The van der Waals surface area contributed by atoms with Gasteiger partial charge in [0.25, 0.3) is 0 Å². The summed E-state index contributed by atoms with van der Waals surface area (Å²) < 4.78 is 1.42. The molecule has 0 aromatic heterocycles. The number of carbonyl (C=O) groups excluding carboxylic acids is 1. The molecular formula is C9H23IN2O2. The van der Waals surface area contributed by atoms with Crippen molar-refractivity contribution in [1.29, 1.82) is 0 Å². The highest BCUT2D eigenvalue weighted by Crippen LogP contribution is 1.84. The Morgan fingerprint density at radius 2 is 1.21 bits per heavy atom. The van der Waals surface area contributed by atoms with Crippen molar-refractivity contribution in [3.63, 3.8) is 0 Å². The summed E-state index contributed by atoms with van der Waals surface area (Å²) in [5.74, 6) is -1.00. The van der Waals surface area contributed by atoms with E-state index < -0.39 is 5.97 Å². The number of aliphatic carboxylic acids is 1. The summed E-state index contributed by atoms with van der Waals surface area (Å²) in [5, 5.41) is 9.89. The van der Waals surface area contributed by atoms with E-state index in [2.05, 4.69) is 28.2 Å². The lowest BCUT2D eigenvalue weighted by molar-refractivity contribution is -0.864. The number of carboxylic acid groups (broad SMARTS) is 1. The molecule has 0 amide bonds. The number of hydrogen-bond donors (Lipinski definition) is 0. The monoisotopic (exact) mass is 318 g/mol. The van der Waals surface area contributed by atoms with Gasteiger partial charge in [0.15, 0.2) is 0 Å². The van der Waals surface area contributed by atoms with Crippen molar-refractivity contribution in [2.45, 2.75) is 0 Å². The SMILES string of the molecule is C[N+](C)(C)C.C[N+](C)(C)CC(=O)[O-].[I-]. The van der Waals surface area contributed by atoms with Crippen LogP contribution in [-0.4, -0.2) is 70.8 Å². The van der Waals surface area contributed by atoms with Crippen LogP contribution in [0.15, 0.2) is 0 Å². The summed E-state index contributed by atoms with van der Waals surface area (Å²) in [4.78, 5) is 9.89. The highest BCUT2D eigenvalue weighted by atomic mass is 127. The Balaban J connectivity index is -0.000000177. The van der Waals surface area contributed by atoms with E-state index in [0.717, 1.165) is 4.48 Å². The average molecular weight is 318 g/mol. The lowest BCUT2D eigenvalue weighted by Gasteiger charge is -2.23. The summed E-state index contributed by atoms with van der Waals surface area (Å²) in [6, 6.07) is 0. The number of likely N-dealkylation sites (N-methyl/N-ethyl adjacent to an activating group) is 1. The summed E-state index contributed by atoms with van der Waals surface area (Å²) in [6.45, 7) is 0.0694. The Kier molecular flexibility index (Phi) is 10.4. The normalized spacial score (nSPS) is 10.8. The van der Waals surface area contributed by atoms with E-state index in [9.17, 15) is 9.90 Å². The first-order valence-electron chi connectivity index (χ1n) is 4.21. The van der Waals surface area contributed by atoms with Crippen LogP contribution in [0.2, 0.25) is 0 Å². The number of rotatable bonds is 2. The van der Waals surface area contributed by atoms with E-state index >= 15 is 0 Å². The zero-order valence-electron chi connectivity index (χ0n) is 10.3. The Morgan fingerprint density at radius 1 is 1.00 bits per heavy atom. The van der Waals surface area contributed by atoms with Crippen LogP contribution in [0.1, 0.15) is 0 Å². The van der Waals surface area contributed by atoms with Gasteiger partial charge in [-0.05, 0) is 0 Å². The summed E-state index contributed by atoms with van der Waals surface area (Å²) in [7, 11) is 13.9. The Morgan fingerprint density at radius 3 is 1.21 bits per heavy atom. The maximum absolute atomic E-state index is 9.89. The number of nitrogens with zero attached hydrogens (tertiary/aromatic N) is 2. The van der Waals surface area contributed by atoms with Crippen LogP contribution in [0, 0.1) is 0 Å². The van der Waals surface area contributed by atoms with Gasteiger partial charge in [-0.3, -0.25) is 0 Å². The second kappa shape index (κ2) is 7.42. The number of halogens is 1. The van der Waals surface area contributed by atoms with Crippen molar-refractivity contribution in [2.75, 3.05) is 55.9 Å². The second-order valence-electron chi connectivity index (χ2n) is 5.50. The van der Waals surface area contributed by atoms with Gasteiger partial charge in [0.2, 0.25) is 0 Å². The smallest absolute Gasteiger partial charge is 0.118 e. The maximum Gasteiger partial charge on any atom is 0.118 e. The number of quaternary nitrogens is 2. The van der Waals surface area contributed by atoms with Gasteiger partial charge in [-0.15, -0.1) is 0 Å². The minimum Gasteiger partial charge on any atom is -1.00 e. The fourth-order valence-electron chi connectivity index (χ4n) is 0.387. The molecule has 0 aliphatic carbocycles. The van der Waals surface area contributed by atoms with Gasteiger partial charge in [-0.2, -0.15) is 0 Å². The van der Waals surface area contributed by atoms with E-state index in [1.165, 1.54) is 0 Å². The molecule has 0 aliphatic heterocycles. The Hall–Kier alpha value is 0.120. The molecule has 0 fully saturated rings. The number of hydrogen-bond acceptors (Lipinski definition) is 2. The molecule has 0 rings (SSSR count). The van der Waals surface area contributed by atoms with Gasteiger partial charge in [0.05, 0.1) is 55.3 Å². The van der Waals surface area contributed by atoms with E-state index in [4.69, 9.17) is 0 Å². The predicted octanol–water partition coefficient (Wildman–Crippen LogP) is -4.23. The standard InChI is InChI=1S/C5H11NO2.C4H12N.HI/c1-6(2,3)4-5(7)8;1-5(2,3)4;/h4H2,1-3H3;1-4H3;1H/q;+1;/p-1. The van der Waals surface area contributed by atoms with E-state index in [-0.39, 0.29) is 30.5 Å². The molecule has 0 heterocycles. The molecule has 0 bridgehead atoms. The molecule has 0 saturated heterocycles. The molecule has 14 heavy (non-hydrogen) atoms. The van der Waals surface area contributed by atoms with Crippen molar-refractivity contribution >= 4 is 5.97 Å². The molecule has 0 aromatic carbocycles. The third-order valence-corrected chi connectivity index (χ3v) is 0.603.